The first kappa shape index (κ1) is 15.6. The van der Waals surface area contributed by atoms with Gasteiger partial charge in [0, 0.05) is 18.3 Å². The van der Waals surface area contributed by atoms with E-state index in [1.807, 2.05) is 0 Å². The number of esters is 1. The molecule has 1 saturated carbocycles. The first-order chi connectivity index (χ1) is 12.1. The van der Waals surface area contributed by atoms with E-state index >= 15 is 0 Å². The zero-order valence-electron chi connectivity index (χ0n) is 13.4. The van der Waals surface area contributed by atoms with Crippen LogP contribution in [0.4, 0.5) is 4.39 Å². The molecule has 1 aliphatic carbocycles. The van der Waals surface area contributed by atoms with Gasteiger partial charge in [0.05, 0.1) is 11.1 Å². The van der Waals surface area contributed by atoms with E-state index < -0.39 is 5.41 Å². The van der Waals surface area contributed by atoms with Crippen molar-refractivity contribution in [3.63, 3.8) is 0 Å². The molecule has 0 aliphatic heterocycles. The van der Waals surface area contributed by atoms with Crippen molar-refractivity contribution in [1.29, 1.82) is 0 Å². The van der Waals surface area contributed by atoms with Gasteiger partial charge in [-0.2, -0.15) is 0 Å². The van der Waals surface area contributed by atoms with Gasteiger partial charge in [0.25, 0.3) is 5.56 Å². The van der Waals surface area contributed by atoms with E-state index in [0.717, 1.165) is 12.0 Å². The molecule has 2 aromatic heterocycles. The molecular weight excluding hydrogens is 325 g/mol. The average Bonchev–Trinajstić information content (AvgIpc) is 3.03. The molecule has 2 heterocycles. The molecule has 0 atom stereocenters. The quantitative estimate of drug-likeness (QED) is 0.739. The van der Waals surface area contributed by atoms with Gasteiger partial charge in [0.15, 0.2) is 5.65 Å². The number of aromatic nitrogens is 3. The largest absolute Gasteiger partial charge is 0.458 e. The van der Waals surface area contributed by atoms with Crippen molar-refractivity contribution in [3.8, 4) is 0 Å². The summed E-state index contributed by atoms with van der Waals surface area (Å²) in [5.41, 5.74) is 0.639. The SMILES string of the molecule is O=C(OCc1cc(=O)n2[nH]ccc2n1)C1(c2ccc(F)cc2)CCC1. The molecule has 4 rings (SSSR count). The molecule has 25 heavy (non-hydrogen) atoms. The van der Waals surface area contributed by atoms with Gasteiger partial charge < -0.3 is 4.74 Å². The molecule has 1 fully saturated rings. The lowest BCUT2D eigenvalue weighted by Crippen LogP contribution is -2.43. The van der Waals surface area contributed by atoms with E-state index in [1.165, 1.54) is 22.7 Å². The minimum atomic E-state index is -0.721. The highest BCUT2D eigenvalue weighted by Gasteiger charge is 2.47. The third-order valence-electron chi connectivity index (χ3n) is 4.78. The summed E-state index contributed by atoms with van der Waals surface area (Å²) in [7, 11) is 0. The molecule has 6 nitrogen and oxygen atoms in total. The number of rotatable bonds is 4. The van der Waals surface area contributed by atoms with E-state index in [2.05, 4.69) is 10.1 Å². The summed E-state index contributed by atoms with van der Waals surface area (Å²) < 4.78 is 19.9. The molecule has 1 N–H and O–H groups in total. The van der Waals surface area contributed by atoms with Gasteiger partial charge in [0.2, 0.25) is 0 Å². The first-order valence-electron chi connectivity index (χ1n) is 8.08. The van der Waals surface area contributed by atoms with Crippen LogP contribution in [0, 0.1) is 5.82 Å². The van der Waals surface area contributed by atoms with Crippen LogP contribution in [-0.2, 0) is 21.6 Å². The molecule has 0 amide bonds. The summed E-state index contributed by atoms with van der Waals surface area (Å²) in [6.45, 7) is -0.0707. The summed E-state index contributed by atoms with van der Waals surface area (Å²) in [5.74, 6) is -0.697. The van der Waals surface area contributed by atoms with E-state index in [0.29, 0.717) is 24.2 Å². The Morgan fingerprint density at radius 1 is 1.28 bits per heavy atom. The Balaban J connectivity index is 1.54. The Bertz CT molecular complexity index is 987. The maximum Gasteiger partial charge on any atom is 0.316 e. The van der Waals surface area contributed by atoms with E-state index in [-0.39, 0.29) is 24.0 Å². The standard InChI is InChI=1S/C18H16FN3O3/c19-13-4-2-12(3-5-13)18(7-1-8-18)17(24)25-11-14-10-16(23)22-15(21-14)6-9-20-22/h2-6,9-10,20H,1,7-8,11H2. The van der Waals surface area contributed by atoms with Crippen LogP contribution in [0.3, 0.4) is 0 Å². The highest BCUT2D eigenvalue weighted by atomic mass is 19.1. The number of ether oxygens (including phenoxy) is 1. The van der Waals surface area contributed by atoms with E-state index in [9.17, 15) is 14.0 Å². The normalized spacial score (nSPS) is 15.7. The molecule has 0 spiro atoms. The van der Waals surface area contributed by atoms with Crippen molar-refractivity contribution in [1.82, 2.24) is 14.6 Å². The predicted octanol–water partition coefficient (Wildman–Crippen LogP) is 2.33. The topological polar surface area (TPSA) is 76.5 Å². The van der Waals surface area contributed by atoms with Gasteiger partial charge in [-0.25, -0.2) is 13.9 Å². The molecule has 0 unspecified atom stereocenters. The van der Waals surface area contributed by atoms with Crippen LogP contribution >= 0.6 is 0 Å². The van der Waals surface area contributed by atoms with Gasteiger partial charge in [0.1, 0.15) is 12.4 Å². The number of halogens is 1. The van der Waals surface area contributed by atoms with Crippen molar-refractivity contribution in [2.45, 2.75) is 31.3 Å². The Morgan fingerprint density at radius 3 is 2.72 bits per heavy atom. The highest BCUT2D eigenvalue weighted by molar-refractivity contribution is 5.84. The molecule has 3 aromatic rings. The lowest BCUT2D eigenvalue weighted by atomic mass is 9.64. The van der Waals surface area contributed by atoms with Crippen LogP contribution in [0.5, 0.6) is 0 Å². The number of carbonyl (C=O) groups excluding carboxylic acids is 1. The minimum absolute atomic E-state index is 0.0707. The van der Waals surface area contributed by atoms with Crippen molar-refractivity contribution in [2.75, 3.05) is 0 Å². The fraction of sp³-hybridized carbons (Fsp3) is 0.278. The van der Waals surface area contributed by atoms with Crippen LogP contribution in [0.25, 0.3) is 5.65 Å². The smallest absolute Gasteiger partial charge is 0.316 e. The van der Waals surface area contributed by atoms with Crippen LogP contribution < -0.4 is 5.56 Å². The number of nitrogens with zero attached hydrogens (tertiary/aromatic N) is 2. The minimum Gasteiger partial charge on any atom is -0.458 e. The summed E-state index contributed by atoms with van der Waals surface area (Å²) >= 11 is 0. The third-order valence-corrected chi connectivity index (χ3v) is 4.78. The van der Waals surface area contributed by atoms with E-state index in [4.69, 9.17) is 4.74 Å². The summed E-state index contributed by atoms with van der Waals surface area (Å²) in [5, 5.41) is 2.75. The second-order valence-electron chi connectivity index (χ2n) is 6.26. The van der Waals surface area contributed by atoms with Gasteiger partial charge in [-0.1, -0.05) is 18.6 Å². The molecule has 7 heteroatoms. The lowest BCUT2D eigenvalue weighted by Gasteiger charge is -2.39. The molecule has 0 radical (unpaired) electrons. The number of H-pyrrole nitrogens is 1. The lowest BCUT2D eigenvalue weighted by molar-refractivity contribution is -0.156. The number of hydrogen-bond acceptors (Lipinski definition) is 4. The molecular formula is C18H16FN3O3. The monoisotopic (exact) mass is 341 g/mol. The average molecular weight is 341 g/mol. The summed E-state index contributed by atoms with van der Waals surface area (Å²) in [6, 6.07) is 8.97. The number of aromatic amines is 1. The molecule has 0 bridgehead atoms. The second kappa shape index (κ2) is 5.84. The third kappa shape index (κ3) is 2.61. The summed E-state index contributed by atoms with van der Waals surface area (Å²) in [4.78, 5) is 28.9. The number of benzene rings is 1. The Hall–Kier alpha value is -2.96. The molecule has 1 aliphatic rings. The number of hydrogen-bond donors (Lipinski definition) is 1. The van der Waals surface area contributed by atoms with Crippen molar-refractivity contribution < 1.29 is 13.9 Å². The van der Waals surface area contributed by atoms with E-state index in [1.54, 1.807) is 24.4 Å². The molecule has 1 aromatic carbocycles. The van der Waals surface area contributed by atoms with Crippen LogP contribution in [0.15, 0.2) is 47.4 Å². The number of carbonyl (C=O) groups is 1. The molecule has 0 saturated heterocycles. The van der Waals surface area contributed by atoms with Crippen molar-refractivity contribution in [2.24, 2.45) is 0 Å². The molecule has 128 valence electrons. The van der Waals surface area contributed by atoms with Crippen molar-refractivity contribution in [3.05, 3.63) is 70.0 Å². The maximum atomic E-state index is 13.1. The zero-order chi connectivity index (χ0) is 17.4. The first-order valence-corrected chi connectivity index (χ1v) is 8.08. The van der Waals surface area contributed by atoms with Crippen LogP contribution in [0.2, 0.25) is 0 Å². The number of fused-ring (bicyclic) bond motifs is 1. The van der Waals surface area contributed by atoms with Crippen LogP contribution in [-0.4, -0.2) is 20.6 Å². The fourth-order valence-electron chi connectivity index (χ4n) is 3.24. The summed E-state index contributed by atoms with van der Waals surface area (Å²) in [6.07, 6.45) is 3.87. The van der Waals surface area contributed by atoms with Gasteiger partial charge in [-0.15, -0.1) is 0 Å². The Labute approximate surface area is 142 Å². The predicted molar refractivity (Wildman–Crippen MR) is 87.5 cm³/mol. The second-order valence-corrected chi connectivity index (χ2v) is 6.26. The zero-order valence-corrected chi connectivity index (χ0v) is 13.4. The van der Waals surface area contributed by atoms with Crippen molar-refractivity contribution >= 4 is 11.6 Å². The highest BCUT2D eigenvalue weighted by Crippen LogP contribution is 2.44. The maximum absolute atomic E-state index is 13.1. The Kier molecular flexibility index (Phi) is 3.63. The van der Waals surface area contributed by atoms with Gasteiger partial charge >= 0.3 is 5.97 Å². The van der Waals surface area contributed by atoms with Gasteiger partial charge in [-0.3, -0.25) is 14.7 Å². The van der Waals surface area contributed by atoms with Crippen LogP contribution in [0.1, 0.15) is 30.5 Å². The van der Waals surface area contributed by atoms with Gasteiger partial charge in [-0.05, 0) is 30.5 Å². The Morgan fingerprint density at radius 2 is 2.04 bits per heavy atom. The fourth-order valence-corrected chi connectivity index (χ4v) is 3.24. The number of nitrogens with one attached hydrogen (secondary N) is 1.